The number of benzene rings is 2. The molecule has 8 nitrogen and oxygen atoms in total. The van der Waals surface area contributed by atoms with Gasteiger partial charge in [-0.3, -0.25) is 9.59 Å². The molecule has 0 saturated heterocycles. The van der Waals surface area contributed by atoms with Crippen LogP contribution in [0.1, 0.15) is 21.5 Å². The number of esters is 1. The fraction of sp³-hybridized carbons (Fsp3) is 0.143. The van der Waals surface area contributed by atoms with Crippen LogP contribution in [-0.4, -0.2) is 44.8 Å². The number of ether oxygens (including phenoxy) is 2. The van der Waals surface area contributed by atoms with Gasteiger partial charge in [-0.05, 0) is 41.5 Å². The molecule has 2 amide bonds. The highest BCUT2D eigenvalue weighted by molar-refractivity contribution is 5.94. The van der Waals surface area contributed by atoms with Crippen molar-refractivity contribution in [2.45, 2.75) is 0 Å². The molecule has 0 aliphatic heterocycles. The molecule has 0 heterocycles. The maximum Gasteiger partial charge on any atom is 0.337 e. The number of nitrogens with one attached hydrogen (secondary N) is 2. The molecule has 0 bridgehead atoms. The molecule has 0 aliphatic carbocycles. The number of methoxy groups -OCH3 is 2. The van der Waals surface area contributed by atoms with Crippen LogP contribution < -0.4 is 15.5 Å². The van der Waals surface area contributed by atoms with Gasteiger partial charge in [0.05, 0.1) is 32.5 Å². The van der Waals surface area contributed by atoms with Crippen molar-refractivity contribution in [2.75, 3.05) is 20.8 Å². The Morgan fingerprint density at radius 3 is 2.24 bits per heavy atom. The fourth-order valence-corrected chi connectivity index (χ4v) is 2.15. The van der Waals surface area contributed by atoms with Gasteiger partial charge in [-0.15, -0.1) is 0 Å². The van der Waals surface area contributed by atoms with Crippen molar-refractivity contribution in [3.8, 4) is 5.75 Å². The minimum atomic E-state index is -0.473. The fourth-order valence-electron chi connectivity index (χ4n) is 2.15. The van der Waals surface area contributed by atoms with Crippen LogP contribution in [0.25, 0.3) is 6.08 Å². The number of amides is 2. The summed E-state index contributed by atoms with van der Waals surface area (Å²) in [6, 6.07) is 13.7. The van der Waals surface area contributed by atoms with E-state index in [1.54, 1.807) is 49.6 Å². The Hall–Kier alpha value is -3.94. The second-order valence-electron chi connectivity index (χ2n) is 5.73. The topological polar surface area (TPSA) is 106 Å². The van der Waals surface area contributed by atoms with Crippen LogP contribution >= 0.6 is 0 Å². The molecule has 0 saturated carbocycles. The molecule has 8 heteroatoms. The van der Waals surface area contributed by atoms with Crippen LogP contribution in [0.3, 0.4) is 0 Å². The minimum Gasteiger partial charge on any atom is -0.497 e. The Morgan fingerprint density at radius 2 is 1.62 bits per heavy atom. The number of carbonyl (C=O) groups excluding carboxylic acids is 3. The lowest BCUT2D eigenvalue weighted by Gasteiger charge is -2.02. The molecule has 0 atom stereocenters. The summed E-state index contributed by atoms with van der Waals surface area (Å²) in [6.45, 7) is -0.218. The zero-order valence-electron chi connectivity index (χ0n) is 16.0. The van der Waals surface area contributed by atoms with Crippen LogP contribution in [0.4, 0.5) is 0 Å². The van der Waals surface area contributed by atoms with Crippen LogP contribution in [0.2, 0.25) is 0 Å². The first-order valence-electron chi connectivity index (χ1n) is 8.62. The van der Waals surface area contributed by atoms with E-state index >= 15 is 0 Å². The van der Waals surface area contributed by atoms with E-state index < -0.39 is 17.8 Å². The monoisotopic (exact) mass is 395 g/mol. The molecule has 29 heavy (non-hydrogen) atoms. The lowest BCUT2D eigenvalue weighted by atomic mass is 10.1. The third-order valence-electron chi connectivity index (χ3n) is 3.70. The summed E-state index contributed by atoms with van der Waals surface area (Å²) in [7, 11) is 2.88. The van der Waals surface area contributed by atoms with Gasteiger partial charge < -0.3 is 14.8 Å². The largest absolute Gasteiger partial charge is 0.497 e. The third kappa shape index (κ3) is 7.30. The van der Waals surface area contributed by atoms with Crippen molar-refractivity contribution in [2.24, 2.45) is 5.10 Å². The zero-order chi connectivity index (χ0) is 21.1. The maximum absolute atomic E-state index is 11.8. The lowest BCUT2D eigenvalue weighted by molar-refractivity contribution is -0.123. The average molecular weight is 395 g/mol. The molecule has 0 aliphatic rings. The van der Waals surface area contributed by atoms with Gasteiger partial charge in [-0.2, -0.15) is 5.10 Å². The van der Waals surface area contributed by atoms with Gasteiger partial charge in [0.2, 0.25) is 5.91 Å². The molecule has 150 valence electrons. The van der Waals surface area contributed by atoms with Crippen LogP contribution in [0.5, 0.6) is 5.75 Å². The van der Waals surface area contributed by atoms with Crippen LogP contribution in [-0.2, 0) is 14.3 Å². The van der Waals surface area contributed by atoms with Crippen molar-refractivity contribution in [1.29, 1.82) is 0 Å². The molecule has 0 radical (unpaired) electrons. The molecule has 2 aromatic rings. The number of nitrogens with zero attached hydrogens (tertiary/aromatic N) is 1. The molecular formula is C21H21N3O5. The van der Waals surface area contributed by atoms with Gasteiger partial charge in [0, 0.05) is 6.08 Å². The smallest absolute Gasteiger partial charge is 0.337 e. The summed E-state index contributed by atoms with van der Waals surface area (Å²) in [6.07, 6.45) is 4.38. The van der Waals surface area contributed by atoms with Crippen molar-refractivity contribution in [3.05, 3.63) is 71.3 Å². The van der Waals surface area contributed by atoms with E-state index in [1.165, 1.54) is 19.4 Å². The summed E-state index contributed by atoms with van der Waals surface area (Å²) in [5.74, 6) is -0.584. The second kappa shape index (κ2) is 11.0. The van der Waals surface area contributed by atoms with Gasteiger partial charge in [0.1, 0.15) is 5.75 Å². The third-order valence-corrected chi connectivity index (χ3v) is 3.70. The quantitative estimate of drug-likeness (QED) is 0.307. The number of hydrazone groups is 1. The molecule has 0 fully saturated rings. The average Bonchev–Trinajstić information content (AvgIpc) is 2.76. The highest BCUT2D eigenvalue weighted by Crippen LogP contribution is 2.12. The van der Waals surface area contributed by atoms with E-state index in [4.69, 9.17) is 4.74 Å². The van der Waals surface area contributed by atoms with Crippen molar-refractivity contribution < 1.29 is 23.9 Å². The van der Waals surface area contributed by atoms with Crippen LogP contribution in [0.15, 0.2) is 59.7 Å². The van der Waals surface area contributed by atoms with E-state index in [9.17, 15) is 14.4 Å². The normalized spacial score (nSPS) is 10.7. The molecule has 0 unspecified atom stereocenters. The van der Waals surface area contributed by atoms with E-state index in [0.29, 0.717) is 11.1 Å². The van der Waals surface area contributed by atoms with E-state index in [0.717, 1.165) is 11.3 Å². The zero-order valence-corrected chi connectivity index (χ0v) is 16.0. The number of rotatable bonds is 8. The number of hydrogen-bond donors (Lipinski definition) is 2. The Kier molecular flexibility index (Phi) is 8.12. The lowest BCUT2D eigenvalue weighted by Crippen LogP contribution is -2.34. The first-order chi connectivity index (χ1) is 14.0. The van der Waals surface area contributed by atoms with Gasteiger partial charge in [-0.25, -0.2) is 10.2 Å². The summed E-state index contributed by atoms with van der Waals surface area (Å²) < 4.78 is 9.67. The van der Waals surface area contributed by atoms with E-state index in [-0.39, 0.29) is 6.54 Å². The maximum atomic E-state index is 11.8. The van der Waals surface area contributed by atoms with Crippen molar-refractivity contribution in [1.82, 2.24) is 10.7 Å². The van der Waals surface area contributed by atoms with Gasteiger partial charge in [0.15, 0.2) is 0 Å². The molecule has 2 N–H and O–H groups in total. The Bertz CT molecular complexity index is 903. The number of carbonyl (C=O) groups is 3. The molecule has 0 spiro atoms. The first-order valence-corrected chi connectivity index (χ1v) is 8.62. The number of hydrogen-bond acceptors (Lipinski definition) is 6. The molecule has 0 aromatic heterocycles. The second-order valence-corrected chi connectivity index (χ2v) is 5.73. The Balaban J connectivity index is 1.74. The van der Waals surface area contributed by atoms with E-state index in [1.807, 2.05) is 12.1 Å². The predicted octanol–water partition coefficient (Wildman–Crippen LogP) is 1.76. The standard InChI is InChI=1S/C21H21N3O5/c1-28-18-10-5-15(6-11-18)7-12-19(25)22-14-20(26)24-23-13-16-3-8-17(9-4-16)21(27)29-2/h3-13H,14H2,1-2H3,(H,22,25)(H,24,26)/b12-7+,23-13+. The summed E-state index contributed by atoms with van der Waals surface area (Å²) in [5.41, 5.74) is 4.24. The SMILES string of the molecule is COC(=O)c1ccc(/C=N/NC(=O)CNC(=O)/C=C/c2ccc(OC)cc2)cc1. The molecule has 2 rings (SSSR count). The minimum absolute atomic E-state index is 0.218. The van der Waals surface area contributed by atoms with Gasteiger partial charge in [-0.1, -0.05) is 24.3 Å². The predicted molar refractivity (Wildman–Crippen MR) is 109 cm³/mol. The van der Waals surface area contributed by atoms with Crippen molar-refractivity contribution >= 4 is 30.1 Å². The summed E-state index contributed by atoms with van der Waals surface area (Å²) in [4.78, 5) is 34.8. The summed E-state index contributed by atoms with van der Waals surface area (Å²) in [5, 5.41) is 6.26. The Labute approximate surface area is 168 Å². The highest BCUT2D eigenvalue weighted by atomic mass is 16.5. The van der Waals surface area contributed by atoms with Gasteiger partial charge in [0.25, 0.3) is 5.91 Å². The van der Waals surface area contributed by atoms with E-state index in [2.05, 4.69) is 20.6 Å². The van der Waals surface area contributed by atoms with Gasteiger partial charge >= 0.3 is 5.97 Å². The first kappa shape index (κ1) is 21.4. The summed E-state index contributed by atoms with van der Waals surface area (Å²) >= 11 is 0. The van der Waals surface area contributed by atoms with Crippen LogP contribution in [0, 0.1) is 0 Å². The highest BCUT2D eigenvalue weighted by Gasteiger charge is 2.04. The molecule has 2 aromatic carbocycles. The Morgan fingerprint density at radius 1 is 0.966 bits per heavy atom. The van der Waals surface area contributed by atoms with Crippen molar-refractivity contribution in [3.63, 3.8) is 0 Å². The molecular weight excluding hydrogens is 374 g/mol.